The van der Waals surface area contributed by atoms with Crippen molar-refractivity contribution in [3.05, 3.63) is 18.2 Å². The number of hydrogen-bond donors (Lipinski definition) is 2. The number of aromatic nitrogens is 2. The van der Waals surface area contributed by atoms with E-state index in [-0.39, 0.29) is 0 Å². The Kier molecular flexibility index (Phi) is 4.49. The minimum atomic E-state index is 0.314. The standard InChI is InChI=1S/C9H17N3O/c1-8(2)13-4-3-10-5-9-6-11-7-12-9/h6-8,10H,3-5H2,1-2H3,(H,11,12). The van der Waals surface area contributed by atoms with Gasteiger partial charge in [0.05, 0.1) is 19.0 Å². The first-order chi connectivity index (χ1) is 6.29. The Labute approximate surface area is 78.7 Å². The highest BCUT2D eigenvalue weighted by molar-refractivity contribution is 4.92. The smallest absolute Gasteiger partial charge is 0.0922 e. The van der Waals surface area contributed by atoms with Gasteiger partial charge in [0.25, 0.3) is 0 Å². The van der Waals surface area contributed by atoms with Gasteiger partial charge in [-0.15, -0.1) is 0 Å². The van der Waals surface area contributed by atoms with E-state index in [9.17, 15) is 0 Å². The molecular weight excluding hydrogens is 166 g/mol. The van der Waals surface area contributed by atoms with Gasteiger partial charge in [-0.1, -0.05) is 0 Å². The Morgan fingerprint density at radius 1 is 1.62 bits per heavy atom. The third-order valence-corrected chi connectivity index (χ3v) is 1.60. The summed E-state index contributed by atoms with van der Waals surface area (Å²) >= 11 is 0. The quantitative estimate of drug-likeness (QED) is 0.645. The number of ether oxygens (including phenoxy) is 1. The van der Waals surface area contributed by atoms with E-state index >= 15 is 0 Å². The molecule has 0 atom stereocenters. The van der Waals surface area contributed by atoms with Gasteiger partial charge < -0.3 is 15.0 Å². The molecule has 1 aromatic heterocycles. The van der Waals surface area contributed by atoms with Crippen molar-refractivity contribution in [2.24, 2.45) is 0 Å². The molecule has 1 rings (SSSR count). The van der Waals surface area contributed by atoms with Crippen LogP contribution in [0.4, 0.5) is 0 Å². The maximum Gasteiger partial charge on any atom is 0.0922 e. The molecule has 0 saturated heterocycles. The highest BCUT2D eigenvalue weighted by Gasteiger charge is 1.94. The maximum absolute atomic E-state index is 5.37. The molecule has 4 nitrogen and oxygen atoms in total. The van der Waals surface area contributed by atoms with Crippen molar-refractivity contribution in [1.82, 2.24) is 15.3 Å². The van der Waals surface area contributed by atoms with Gasteiger partial charge in [-0.3, -0.25) is 0 Å². The molecule has 1 heterocycles. The number of aromatic amines is 1. The fourth-order valence-corrected chi connectivity index (χ4v) is 0.971. The lowest BCUT2D eigenvalue weighted by atomic mass is 10.4. The molecular formula is C9H17N3O. The van der Waals surface area contributed by atoms with Crippen LogP contribution in [0.1, 0.15) is 19.5 Å². The SMILES string of the molecule is CC(C)OCCNCc1cnc[nH]1. The molecule has 0 aliphatic heterocycles. The third-order valence-electron chi connectivity index (χ3n) is 1.60. The van der Waals surface area contributed by atoms with Crippen LogP contribution in [-0.4, -0.2) is 29.2 Å². The number of H-pyrrole nitrogens is 1. The summed E-state index contributed by atoms with van der Waals surface area (Å²) in [5.74, 6) is 0. The Bertz CT molecular complexity index is 209. The molecule has 0 spiro atoms. The Hall–Kier alpha value is -0.870. The molecule has 1 aromatic rings. The lowest BCUT2D eigenvalue weighted by Crippen LogP contribution is -2.21. The van der Waals surface area contributed by atoms with Crippen molar-refractivity contribution in [1.29, 1.82) is 0 Å². The Morgan fingerprint density at radius 3 is 3.08 bits per heavy atom. The average molecular weight is 183 g/mol. The number of nitrogens with one attached hydrogen (secondary N) is 2. The van der Waals surface area contributed by atoms with Crippen LogP contribution in [-0.2, 0) is 11.3 Å². The minimum absolute atomic E-state index is 0.314. The zero-order chi connectivity index (χ0) is 9.52. The van der Waals surface area contributed by atoms with E-state index in [4.69, 9.17) is 4.74 Å². The van der Waals surface area contributed by atoms with Crippen LogP contribution in [0.15, 0.2) is 12.5 Å². The maximum atomic E-state index is 5.37. The van der Waals surface area contributed by atoms with Crippen molar-refractivity contribution < 1.29 is 4.74 Å². The van der Waals surface area contributed by atoms with Gasteiger partial charge in [0.1, 0.15) is 0 Å². The van der Waals surface area contributed by atoms with E-state index in [2.05, 4.69) is 15.3 Å². The van der Waals surface area contributed by atoms with Crippen molar-refractivity contribution in [2.75, 3.05) is 13.2 Å². The van der Waals surface area contributed by atoms with Gasteiger partial charge in [0.15, 0.2) is 0 Å². The molecule has 2 N–H and O–H groups in total. The summed E-state index contributed by atoms with van der Waals surface area (Å²) in [5, 5.41) is 3.25. The van der Waals surface area contributed by atoms with Crippen LogP contribution in [0.5, 0.6) is 0 Å². The molecule has 0 aromatic carbocycles. The predicted molar refractivity (Wildman–Crippen MR) is 51.4 cm³/mol. The van der Waals surface area contributed by atoms with Gasteiger partial charge in [-0.25, -0.2) is 4.98 Å². The molecule has 0 fully saturated rings. The summed E-state index contributed by atoms with van der Waals surface area (Å²) in [5.41, 5.74) is 1.10. The average Bonchev–Trinajstić information content (AvgIpc) is 2.55. The van der Waals surface area contributed by atoms with Crippen molar-refractivity contribution >= 4 is 0 Å². The number of rotatable bonds is 6. The Morgan fingerprint density at radius 2 is 2.46 bits per heavy atom. The first-order valence-corrected chi connectivity index (χ1v) is 4.58. The fourth-order valence-electron chi connectivity index (χ4n) is 0.971. The molecule has 0 saturated carbocycles. The van der Waals surface area contributed by atoms with Gasteiger partial charge in [0.2, 0.25) is 0 Å². The minimum Gasteiger partial charge on any atom is -0.377 e. The zero-order valence-corrected chi connectivity index (χ0v) is 8.21. The second kappa shape index (κ2) is 5.72. The molecule has 0 aliphatic rings. The van der Waals surface area contributed by atoms with Crippen LogP contribution >= 0.6 is 0 Å². The second-order valence-electron chi connectivity index (χ2n) is 3.17. The van der Waals surface area contributed by atoms with E-state index in [1.165, 1.54) is 0 Å². The summed E-state index contributed by atoms with van der Waals surface area (Å²) < 4.78 is 5.37. The van der Waals surface area contributed by atoms with Gasteiger partial charge in [-0.2, -0.15) is 0 Å². The number of nitrogens with zero attached hydrogens (tertiary/aromatic N) is 1. The summed E-state index contributed by atoms with van der Waals surface area (Å²) in [6.45, 7) is 6.52. The van der Waals surface area contributed by atoms with Crippen LogP contribution in [0, 0.1) is 0 Å². The Balaban J connectivity index is 1.96. The lowest BCUT2D eigenvalue weighted by Gasteiger charge is -2.07. The van der Waals surface area contributed by atoms with E-state index in [0.29, 0.717) is 6.10 Å². The highest BCUT2D eigenvalue weighted by Crippen LogP contribution is 1.89. The number of hydrogen-bond acceptors (Lipinski definition) is 3. The molecule has 13 heavy (non-hydrogen) atoms. The summed E-state index contributed by atoms with van der Waals surface area (Å²) in [6, 6.07) is 0. The van der Waals surface area contributed by atoms with E-state index in [1.807, 2.05) is 20.0 Å². The first-order valence-electron chi connectivity index (χ1n) is 4.58. The van der Waals surface area contributed by atoms with Crippen molar-refractivity contribution in [3.63, 3.8) is 0 Å². The van der Waals surface area contributed by atoms with E-state index in [0.717, 1.165) is 25.4 Å². The van der Waals surface area contributed by atoms with Gasteiger partial charge in [-0.05, 0) is 13.8 Å². The first kappa shape index (κ1) is 10.2. The van der Waals surface area contributed by atoms with Gasteiger partial charge >= 0.3 is 0 Å². The lowest BCUT2D eigenvalue weighted by molar-refractivity contribution is 0.0807. The van der Waals surface area contributed by atoms with Crippen LogP contribution < -0.4 is 5.32 Å². The largest absolute Gasteiger partial charge is 0.377 e. The summed E-state index contributed by atoms with van der Waals surface area (Å²) in [6.07, 6.45) is 3.81. The van der Waals surface area contributed by atoms with Crippen molar-refractivity contribution in [3.8, 4) is 0 Å². The molecule has 4 heteroatoms. The molecule has 0 bridgehead atoms. The molecule has 74 valence electrons. The molecule has 0 aliphatic carbocycles. The topological polar surface area (TPSA) is 49.9 Å². The summed E-state index contributed by atoms with van der Waals surface area (Å²) in [4.78, 5) is 6.94. The second-order valence-corrected chi connectivity index (χ2v) is 3.17. The third kappa shape index (κ3) is 4.65. The zero-order valence-electron chi connectivity index (χ0n) is 8.21. The normalized spacial score (nSPS) is 11.0. The van der Waals surface area contributed by atoms with Gasteiger partial charge in [0, 0.05) is 25.0 Å². The van der Waals surface area contributed by atoms with Crippen molar-refractivity contribution in [2.45, 2.75) is 26.5 Å². The molecule has 0 radical (unpaired) electrons. The van der Waals surface area contributed by atoms with E-state index < -0.39 is 0 Å². The van der Waals surface area contributed by atoms with Crippen LogP contribution in [0.25, 0.3) is 0 Å². The predicted octanol–water partition coefficient (Wildman–Crippen LogP) is 0.924. The highest BCUT2D eigenvalue weighted by atomic mass is 16.5. The van der Waals surface area contributed by atoms with Crippen LogP contribution in [0.2, 0.25) is 0 Å². The fraction of sp³-hybridized carbons (Fsp3) is 0.667. The molecule has 0 unspecified atom stereocenters. The summed E-state index contributed by atoms with van der Waals surface area (Å²) in [7, 11) is 0. The monoisotopic (exact) mass is 183 g/mol. The number of imidazole rings is 1. The van der Waals surface area contributed by atoms with Crippen LogP contribution in [0.3, 0.4) is 0 Å². The molecule has 0 amide bonds. The van der Waals surface area contributed by atoms with E-state index in [1.54, 1.807) is 6.33 Å².